The predicted octanol–water partition coefficient (Wildman–Crippen LogP) is 3.81. The Morgan fingerprint density at radius 1 is 0.967 bits per heavy atom. The molecule has 30 heavy (non-hydrogen) atoms. The molecular weight excluding hydrogens is 392 g/mol. The van der Waals surface area contributed by atoms with Gasteiger partial charge in [-0.2, -0.15) is 0 Å². The van der Waals surface area contributed by atoms with Gasteiger partial charge in [0, 0.05) is 12.5 Å². The molecule has 0 aliphatic heterocycles. The van der Waals surface area contributed by atoms with Gasteiger partial charge in [-0.3, -0.25) is 0 Å². The number of allylic oxidation sites excluding steroid dienone is 2. The van der Waals surface area contributed by atoms with Gasteiger partial charge in [0.2, 0.25) is 0 Å². The fourth-order valence-electron chi connectivity index (χ4n) is 3.57. The zero-order valence-electron chi connectivity index (χ0n) is 18.1. The minimum Gasteiger partial charge on any atom is -0.466 e. The van der Waals surface area contributed by atoms with Crippen LogP contribution in [0.1, 0.15) is 27.2 Å². The van der Waals surface area contributed by atoms with Crippen molar-refractivity contribution in [1.82, 2.24) is 0 Å². The number of hydrogen-bond donors (Lipinski definition) is 0. The van der Waals surface area contributed by atoms with Crippen molar-refractivity contribution in [3.63, 3.8) is 0 Å². The number of ether oxygens (including phenoxy) is 1. The summed E-state index contributed by atoms with van der Waals surface area (Å²) in [6.45, 7) is 6.58. The number of carbonyl (C=O) groups is 2. The summed E-state index contributed by atoms with van der Waals surface area (Å²) in [5.74, 6) is -0.431. The van der Waals surface area contributed by atoms with Crippen molar-refractivity contribution in [3.05, 3.63) is 85.0 Å². The number of rotatable bonds is 9. The summed E-state index contributed by atoms with van der Waals surface area (Å²) >= 11 is 0. The third-order valence-corrected chi connectivity index (χ3v) is 10.0. The first-order chi connectivity index (χ1) is 14.3. The van der Waals surface area contributed by atoms with Crippen molar-refractivity contribution in [2.24, 2.45) is 0 Å². The van der Waals surface area contributed by atoms with Gasteiger partial charge in [0.15, 0.2) is 0 Å². The number of methoxy groups -OCH3 is 1. The van der Waals surface area contributed by atoms with Gasteiger partial charge in [-0.1, -0.05) is 99.7 Å². The SMILES string of the molecule is COC(=O)/C=C/C=C\[C@@H](CC=O)O[Si](c1ccccc1)(c1ccccc1)C(C)(C)C. The smallest absolute Gasteiger partial charge is 0.330 e. The molecule has 158 valence electrons. The second-order valence-electron chi connectivity index (χ2n) is 7.99. The molecule has 1 atom stereocenters. The lowest BCUT2D eigenvalue weighted by atomic mass is 10.2. The van der Waals surface area contributed by atoms with Gasteiger partial charge in [-0.15, -0.1) is 0 Å². The van der Waals surface area contributed by atoms with Gasteiger partial charge in [0.25, 0.3) is 8.32 Å². The van der Waals surface area contributed by atoms with Gasteiger partial charge in [-0.05, 0) is 15.4 Å². The first-order valence-electron chi connectivity index (χ1n) is 10.0. The zero-order chi connectivity index (χ0) is 22.0. The molecule has 0 fully saturated rings. The Kier molecular flexibility index (Phi) is 8.51. The third-order valence-electron chi connectivity index (χ3n) is 4.94. The highest BCUT2D eigenvalue weighted by molar-refractivity contribution is 6.99. The van der Waals surface area contributed by atoms with Crippen LogP contribution in [0.5, 0.6) is 0 Å². The molecule has 0 aromatic heterocycles. The largest absolute Gasteiger partial charge is 0.466 e. The van der Waals surface area contributed by atoms with Crippen molar-refractivity contribution in [2.75, 3.05) is 7.11 Å². The molecule has 0 N–H and O–H groups in total. The lowest BCUT2D eigenvalue weighted by Gasteiger charge is -2.44. The van der Waals surface area contributed by atoms with Crippen LogP contribution in [0.25, 0.3) is 0 Å². The number of benzene rings is 2. The van der Waals surface area contributed by atoms with Crippen molar-refractivity contribution in [2.45, 2.75) is 38.3 Å². The van der Waals surface area contributed by atoms with Crippen molar-refractivity contribution in [1.29, 1.82) is 0 Å². The maximum absolute atomic E-state index is 11.4. The molecule has 4 nitrogen and oxygen atoms in total. The van der Waals surface area contributed by atoms with Crippen LogP contribution < -0.4 is 10.4 Å². The molecule has 0 saturated carbocycles. The highest BCUT2D eigenvalue weighted by Crippen LogP contribution is 2.37. The summed E-state index contributed by atoms with van der Waals surface area (Å²) in [6, 6.07) is 20.6. The molecule has 0 amide bonds. The number of hydrogen-bond acceptors (Lipinski definition) is 4. The number of aldehydes is 1. The van der Waals surface area contributed by atoms with Crippen molar-refractivity contribution < 1.29 is 18.8 Å². The Hall–Kier alpha value is -2.76. The molecule has 0 aliphatic carbocycles. The molecule has 0 spiro atoms. The number of esters is 1. The highest BCUT2D eigenvalue weighted by atomic mass is 28.4. The van der Waals surface area contributed by atoms with E-state index in [2.05, 4.69) is 49.8 Å². The van der Waals surface area contributed by atoms with E-state index in [-0.39, 0.29) is 11.5 Å². The molecule has 0 bridgehead atoms. The fraction of sp³-hybridized carbons (Fsp3) is 0.280. The monoisotopic (exact) mass is 422 g/mol. The van der Waals surface area contributed by atoms with E-state index in [0.29, 0.717) is 0 Å². The van der Waals surface area contributed by atoms with Gasteiger partial charge in [0.05, 0.1) is 13.2 Å². The molecule has 0 heterocycles. The highest BCUT2D eigenvalue weighted by Gasteiger charge is 2.51. The average Bonchev–Trinajstić information content (AvgIpc) is 2.75. The zero-order valence-corrected chi connectivity index (χ0v) is 19.1. The van der Waals surface area contributed by atoms with E-state index in [1.807, 2.05) is 42.5 Å². The van der Waals surface area contributed by atoms with E-state index in [0.717, 1.165) is 16.7 Å². The molecule has 0 saturated heterocycles. The lowest BCUT2D eigenvalue weighted by molar-refractivity contribution is -0.134. The van der Waals surface area contributed by atoms with Crippen LogP contribution in [0.15, 0.2) is 85.0 Å². The summed E-state index contributed by atoms with van der Waals surface area (Å²) in [5, 5.41) is 2.11. The predicted molar refractivity (Wildman–Crippen MR) is 123 cm³/mol. The first-order valence-corrected chi connectivity index (χ1v) is 11.9. The van der Waals surface area contributed by atoms with Crippen LogP contribution in [-0.2, 0) is 18.8 Å². The Morgan fingerprint density at radius 3 is 1.93 bits per heavy atom. The minimum atomic E-state index is -2.76. The van der Waals surface area contributed by atoms with E-state index in [1.165, 1.54) is 13.2 Å². The molecule has 0 radical (unpaired) electrons. The Balaban J connectivity index is 2.55. The fourth-order valence-corrected chi connectivity index (χ4v) is 8.21. The summed E-state index contributed by atoms with van der Waals surface area (Å²) in [7, 11) is -1.43. The molecule has 2 rings (SSSR count). The lowest BCUT2D eigenvalue weighted by Crippen LogP contribution is -2.67. The van der Waals surface area contributed by atoms with Crippen molar-refractivity contribution in [3.8, 4) is 0 Å². The molecule has 0 aliphatic rings. The number of carbonyl (C=O) groups excluding carboxylic acids is 2. The van der Waals surface area contributed by atoms with Gasteiger partial charge >= 0.3 is 5.97 Å². The molecular formula is C25H30O4Si. The summed E-state index contributed by atoms with van der Waals surface area (Å²) in [4.78, 5) is 22.7. The van der Waals surface area contributed by atoms with Crippen LogP contribution in [-0.4, -0.2) is 33.8 Å². The second kappa shape index (κ2) is 10.9. The van der Waals surface area contributed by atoms with Crippen LogP contribution in [0.2, 0.25) is 5.04 Å². The minimum absolute atomic E-state index is 0.188. The van der Waals surface area contributed by atoms with Crippen molar-refractivity contribution >= 4 is 30.9 Å². The van der Waals surface area contributed by atoms with Crippen LogP contribution in [0.4, 0.5) is 0 Å². The van der Waals surface area contributed by atoms with E-state index >= 15 is 0 Å². The topological polar surface area (TPSA) is 52.6 Å². The quantitative estimate of drug-likeness (QED) is 0.203. The average molecular weight is 423 g/mol. The molecule has 5 heteroatoms. The van der Waals surface area contributed by atoms with Gasteiger partial charge < -0.3 is 14.0 Å². The van der Waals surface area contributed by atoms with E-state index in [4.69, 9.17) is 4.43 Å². The second-order valence-corrected chi connectivity index (χ2v) is 12.2. The third kappa shape index (κ3) is 5.65. The molecule has 0 unspecified atom stereocenters. The first kappa shape index (κ1) is 23.5. The Bertz CT molecular complexity index is 828. The maximum Gasteiger partial charge on any atom is 0.330 e. The Morgan fingerprint density at radius 2 is 1.50 bits per heavy atom. The van der Waals surface area contributed by atoms with Crippen LogP contribution >= 0.6 is 0 Å². The standard InChI is InChI=1S/C25H30O4Si/c1-25(2,3)30(22-14-7-5-8-15-22,23-16-9-6-10-17-23)29-21(19-20-26)13-11-12-18-24(27)28-4/h5-18,20-21H,19H2,1-4H3/b13-11-,18-12+/t21-/m0/s1. The van der Waals surface area contributed by atoms with Crippen LogP contribution in [0.3, 0.4) is 0 Å². The Labute approximate surface area is 180 Å². The summed E-state index contributed by atoms with van der Waals surface area (Å²) in [5.41, 5.74) is 0. The van der Waals surface area contributed by atoms with E-state index in [9.17, 15) is 9.59 Å². The van der Waals surface area contributed by atoms with Crippen LogP contribution in [0, 0.1) is 0 Å². The van der Waals surface area contributed by atoms with E-state index < -0.39 is 20.4 Å². The summed E-state index contributed by atoms with van der Waals surface area (Å²) < 4.78 is 11.5. The molecule has 2 aromatic carbocycles. The van der Waals surface area contributed by atoms with Gasteiger partial charge in [-0.25, -0.2) is 4.79 Å². The normalized spacial score (nSPS) is 13.5. The molecule has 2 aromatic rings. The van der Waals surface area contributed by atoms with Gasteiger partial charge in [0.1, 0.15) is 6.29 Å². The summed E-state index contributed by atoms with van der Waals surface area (Å²) in [6.07, 6.45) is 7.16. The maximum atomic E-state index is 11.4. The van der Waals surface area contributed by atoms with E-state index in [1.54, 1.807) is 12.2 Å².